The molecule has 2 aliphatic heterocycles. The second kappa shape index (κ2) is 9.60. The molecule has 0 spiro atoms. The number of aliphatic imine (C=N–C) groups is 1. The third kappa shape index (κ3) is 4.51. The van der Waals surface area contributed by atoms with E-state index in [9.17, 15) is 14.4 Å². The monoisotopic (exact) mass is 487 g/mol. The summed E-state index contributed by atoms with van der Waals surface area (Å²) in [6, 6.07) is 13.6. The first kappa shape index (κ1) is 23.8. The van der Waals surface area contributed by atoms with Crippen LogP contribution in [0.3, 0.4) is 0 Å². The predicted molar refractivity (Wildman–Crippen MR) is 135 cm³/mol. The Morgan fingerprint density at radius 3 is 2.81 bits per heavy atom. The van der Waals surface area contributed by atoms with Gasteiger partial charge in [-0.05, 0) is 42.5 Å². The van der Waals surface area contributed by atoms with E-state index in [2.05, 4.69) is 11.1 Å². The molecule has 0 radical (unpaired) electrons. The van der Waals surface area contributed by atoms with Crippen LogP contribution in [0.1, 0.15) is 48.4 Å². The van der Waals surface area contributed by atoms with Gasteiger partial charge < -0.3 is 19.3 Å². The van der Waals surface area contributed by atoms with Gasteiger partial charge in [-0.2, -0.15) is 0 Å². The van der Waals surface area contributed by atoms with Gasteiger partial charge in [0.2, 0.25) is 11.8 Å². The van der Waals surface area contributed by atoms with Gasteiger partial charge in [-0.15, -0.1) is 0 Å². The highest BCUT2D eigenvalue weighted by Crippen LogP contribution is 2.34. The number of furan rings is 1. The van der Waals surface area contributed by atoms with E-state index in [-0.39, 0.29) is 24.7 Å². The number of carboxylic acids is 1. The van der Waals surface area contributed by atoms with E-state index in [0.29, 0.717) is 39.0 Å². The Labute approximate surface area is 209 Å². The molecule has 2 aliphatic rings. The van der Waals surface area contributed by atoms with Gasteiger partial charge in [0, 0.05) is 43.2 Å². The molecule has 1 aromatic heterocycles. The van der Waals surface area contributed by atoms with Crippen LogP contribution in [-0.2, 0) is 33.9 Å². The summed E-state index contributed by atoms with van der Waals surface area (Å²) < 4.78 is 5.58. The van der Waals surface area contributed by atoms with Gasteiger partial charge in [0.05, 0.1) is 19.2 Å². The Bertz CT molecular complexity index is 1360. The third-order valence-corrected chi connectivity index (χ3v) is 7.26. The quantitative estimate of drug-likeness (QED) is 0.495. The highest BCUT2D eigenvalue weighted by atomic mass is 16.4. The fourth-order valence-corrected chi connectivity index (χ4v) is 5.11. The molecule has 2 aromatic carbocycles. The van der Waals surface area contributed by atoms with Crippen LogP contribution in [0.15, 0.2) is 58.1 Å². The second-order valence-electron chi connectivity index (χ2n) is 9.73. The van der Waals surface area contributed by atoms with Crippen molar-refractivity contribution in [2.75, 3.05) is 13.1 Å². The van der Waals surface area contributed by atoms with Gasteiger partial charge >= 0.3 is 5.97 Å². The molecule has 8 nitrogen and oxygen atoms in total. The first-order chi connectivity index (χ1) is 17.3. The summed E-state index contributed by atoms with van der Waals surface area (Å²) in [5, 5.41) is 10.0. The van der Waals surface area contributed by atoms with Gasteiger partial charge in [0.15, 0.2) is 0 Å². The first-order valence-corrected chi connectivity index (χ1v) is 12.2. The maximum atomic E-state index is 13.8. The fourth-order valence-electron chi connectivity index (χ4n) is 5.11. The lowest BCUT2D eigenvalue weighted by molar-refractivity contribution is -0.164. The normalized spacial score (nSPS) is 18.2. The molecule has 0 bridgehead atoms. The number of amides is 2. The van der Waals surface area contributed by atoms with Crippen LogP contribution < -0.4 is 0 Å². The molecule has 2 amide bonds. The molecule has 0 saturated carbocycles. The van der Waals surface area contributed by atoms with Crippen LogP contribution in [0.4, 0.5) is 0 Å². The summed E-state index contributed by atoms with van der Waals surface area (Å²) in [6.45, 7) is 3.61. The highest BCUT2D eigenvalue weighted by Gasteiger charge is 2.50. The van der Waals surface area contributed by atoms with Crippen molar-refractivity contribution in [1.29, 1.82) is 0 Å². The summed E-state index contributed by atoms with van der Waals surface area (Å²) >= 11 is 0. The minimum absolute atomic E-state index is 0.0191. The number of benzene rings is 2. The number of rotatable bonds is 9. The Hall–Kier alpha value is -3.94. The summed E-state index contributed by atoms with van der Waals surface area (Å²) in [4.78, 5) is 45.9. The van der Waals surface area contributed by atoms with E-state index in [1.165, 1.54) is 0 Å². The van der Waals surface area contributed by atoms with Crippen LogP contribution in [0.2, 0.25) is 0 Å². The molecule has 1 N–H and O–H groups in total. The number of likely N-dealkylation sites (tertiary alicyclic amines) is 1. The van der Waals surface area contributed by atoms with Gasteiger partial charge in [-0.3, -0.25) is 19.4 Å². The average molecular weight is 488 g/mol. The molecule has 8 heteroatoms. The van der Waals surface area contributed by atoms with E-state index in [0.717, 1.165) is 33.2 Å². The largest absolute Gasteiger partial charge is 0.481 e. The van der Waals surface area contributed by atoms with Gasteiger partial charge in [0.25, 0.3) is 0 Å². The lowest BCUT2D eigenvalue weighted by Crippen LogP contribution is -2.68. The number of fused-ring (bicyclic) bond motifs is 2. The van der Waals surface area contributed by atoms with E-state index in [1.807, 2.05) is 49.5 Å². The Morgan fingerprint density at radius 1 is 1.19 bits per heavy atom. The zero-order valence-electron chi connectivity index (χ0n) is 20.3. The fraction of sp³-hybridized carbons (Fsp3) is 0.357. The van der Waals surface area contributed by atoms with Crippen molar-refractivity contribution >= 4 is 35.0 Å². The Balaban J connectivity index is 1.32. The molecular weight excluding hydrogens is 458 g/mol. The van der Waals surface area contributed by atoms with Crippen LogP contribution in [-0.4, -0.2) is 57.5 Å². The van der Waals surface area contributed by atoms with Crippen LogP contribution in [0.25, 0.3) is 11.0 Å². The second-order valence-corrected chi connectivity index (χ2v) is 9.73. The number of carboxylic acid groups (broad SMARTS) is 1. The summed E-state index contributed by atoms with van der Waals surface area (Å²) in [5.41, 5.74) is 3.73. The molecule has 3 heterocycles. The van der Waals surface area contributed by atoms with Crippen molar-refractivity contribution < 1.29 is 23.9 Å². The molecule has 5 rings (SSSR count). The van der Waals surface area contributed by atoms with Crippen LogP contribution in [0, 0.1) is 0 Å². The molecule has 0 aliphatic carbocycles. The van der Waals surface area contributed by atoms with E-state index >= 15 is 0 Å². The SMILES string of the molecule is CC1(C(=O)N(CCCC(=O)O)Cc2ccc3c(c2)CN=C3)CCN1C(=O)Cc1coc2ccccc12. The molecule has 1 saturated heterocycles. The predicted octanol–water partition coefficient (Wildman–Crippen LogP) is 3.79. The number of carbonyl (C=O) groups is 3. The van der Waals surface area contributed by atoms with Crippen LogP contribution in [0.5, 0.6) is 0 Å². The summed E-state index contributed by atoms with van der Waals surface area (Å²) in [5.74, 6) is -1.17. The highest BCUT2D eigenvalue weighted by molar-refractivity contribution is 5.95. The van der Waals surface area contributed by atoms with Crippen molar-refractivity contribution in [2.45, 2.75) is 51.2 Å². The number of hydrogen-bond acceptors (Lipinski definition) is 5. The van der Waals surface area contributed by atoms with E-state index in [4.69, 9.17) is 9.52 Å². The minimum atomic E-state index is -0.959. The number of carbonyl (C=O) groups excluding carboxylic acids is 2. The number of para-hydroxylation sites is 1. The lowest BCUT2D eigenvalue weighted by Gasteiger charge is -2.51. The van der Waals surface area contributed by atoms with Crippen molar-refractivity contribution in [3.8, 4) is 0 Å². The number of nitrogens with zero attached hydrogens (tertiary/aromatic N) is 3. The maximum absolute atomic E-state index is 13.8. The zero-order valence-corrected chi connectivity index (χ0v) is 20.3. The first-order valence-electron chi connectivity index (χ1n) is 12.2. The zero-order chi connectivity index (χ0) is 25.3. The van der Waals surface area contributed by atoms with E-state index in [1.54, 1.807) is 16.1 Å². The molecule has 1 fully saturated rings. The minimum Gasteiger partial charge on any atom is -0.481 e. The summed E-state index contributed by atoms with van der Waals surface area (Å²) in [7, 11) is 0. The standard InChI is InChI=1S/C28H29N3O5/c1-28(10-12-31(28)25(32)14-22-18-36-24-6-3-2-5-23(22)24)27(35)30(11-4-7-26(33)34)17-19-8-9-20-15-29-16-21(20)13-19/h2-3,5-6,8-9,13,15,18H,4,7,10-12,14,16-17H2,1H3,(H,33,34). The Kier molecular flexibility index (Phi) is 6.35. The Morgan fingerprint density at radius 2 is 2.03 bits per heavy atom. The molecule has 3 aromatic rings. The van der Waals surface area contributed by atoms with Crippen molar-refractivity contribution in [2.24, 2.45) is 4.99 Å². The smallest absolute Gasteiger partial charge is 0.303 e. The summed E-state index contributed by atoms with van der Waals surface area (Å²) in [6.07, 6.45) is 4.50. The number of hydrogen-bond donors (Lipinski definition) is 1. The van der Waals surface area contributed by atoms with Gasteiger partial charge in [-0.25, -0.2) is 0 Å². The van der Waals surface area contributed by atoms with Crippen molar-refractivity contribution in [3.05, 3.63) is 71.0 Å². The maximum Gasteiger partial charge on any atom is 0.303 e. The lowest BCUT2D eigenvalue weighted by atomic mass is 9.84. The van der Waals surface area contributed by atoms with Crippen molar-refractivity contribution in [1.82, 2.24) is 9.80 Å². The molecular formula is C28H29N3O5. The van der Waals surface area contributed by atoms with Crippen molar-refractivity contribution in [3.63, 3.8) is 0 Å². The van der Waals surface area contributed by atoms with E-state index < -0.39 is 11.5 Å². The topological polar surface area (TPSA) is 103 Å². The van der Waals surface area contributed by atoms with Crippen LogP contribution >= 0.6 is 0 Å². The van der Waals surface area contributed by atoms with Gasteiger partial charge in [0.1, 0.15) is 11.1 Å². The average Bonchev–Trinajstić information content (AvgIpc) is 3.48. The molecule has 1 atom stereocenters. The molecule has 1 unspecified atom stereocenters. The molecule has 36 heavy (non-hydrogen) atoms. The molecule has 186 valence electrons. The third-order valence-electron chi connectivity index (χ3n) is 7.26. The van der Waals surface area contributed by atoms with Gasteiger partial charge in [-0.1, -0.05) is 36.4 Å². The number of aliphatic carboxylic acids is 1.